The molecule has 0 aliphatic rings. The van der Waals surface area contributed by atoms with Crippen molar-refractivity contribution < 1.29 is 14.6 Å². The van der Waals surface area contributed by atoms with Crippen LogP contribution in [-0.4, -0.2) is 24.9 Å². The van der Waals surface area contributed by atoms with Gasteiger partial charge in [-0.3, -0.25) is 0 Å². The molecular weight excluding hydrogens is 240 g/mol. The van der Waals surface area contributed by atoms with Crippen molar-refractivity contribution in [3.05, 3.63) is 29.3 Å². The summed E-state index contributed by atoms with van der Waals surface area (Å²) in [7, 11) is 0. The molecule has 0 fully saturated rings. The molecule has 0 bridgehead atoms. The minimum absolute atomic E-state index is 0.515. The van der Waals surface area contributed by atoms with Crippen molar-refractivity contribution >= 4 is 0 Å². The van der Waals surface area contributed by atoms with Gasteiger partial charge in [0.2, 0.25) is 0 Å². The van der Waals surface area contributed by atoms with Crippen LogP contribution >= 0.6 is 0 Å². The van der Waals surface area contributed by atoms with E-state index in [4.69, 9.17) is 9.47 Å². The second kappa shape index (κ2) is 8.18. The summed E-state index contributed by atoms with van der Waals surface area (Å²) in [5.41, 5.74) is 1.95. The van der Waals surface area contributed by atoms with Crippen molar-refractivity contribution in [2.75, 3.05) is 19.8 Å². The van der Waals surface area contributed by atoms with Gasteiger partial charge in [0, 0.05) is 12.2 Å². The molecule has 0 saturated carbocycles. The molecule has 1 aromatic carbocycles. The topological polar surface area (TPSA) is 38.7 Å². The predicted molar refractivity (Wildman–Crippen MR) is 77.6 cm³/mol. The molecule has 0 saturated heterocycles. The van der Waals surface area contributed by atoms with Crippen LogP contribution in [0.2, 0.25) is 0 Å². The van der Waals surface area contributed by atoms with E-state index in [9.17, 15) is 5.11 Å². The van der Waals surface area contributed by atoms with Gasteiger partial charge in [0.15, 0.2) is 0 Å². The van der Waals surface area contributed by atoms with Crippen molar-refractivity contribution in [1.82, 2.24) is 0 Å². The quantitative estimate of drug-likeness (QED) is 0.732. The molecule has 0 spiro atoms. The maximum Gasteiger partial charge on any atom is 0.125 e. The lowest BCUT2D eigenvalue weighted by Gasteiger charge is -2.14. The zero-order valence-corrected chi connectivity index (χ0v) is 12.5. The van der Waals surface area contributed by atoms with Gasteiger partial charge in [0.05, 0.1) is 12.7 Å². The normalized spacial score (nSPS) is 12.7. The molecule has 0 aliphatic carbocycles. The Hall–Kier alpha value is -1.06. The molecule has 108 valence electrons. The average Bonchev–Trinajstić information content (AvgIpc) is 2.33. The van der Waals surface area contributed by atoms with Gasteiger partial charge in [-0.15, -0.1) is 0 Å². The maximum absolute atomic E-state index is 9.69. The maximum atomic E-state index is 9.69. The standard InChI is InChI=1S/C16H26O3/c1-12(2)7-8-18-9-10-19-16-11-13(3)5-6-15(16)14(4)17/h5-6,11-12,14,17H,7-10H2,1-4H3. The van der Waals surface area contributed by atoms with Crippen LogP contribution in [0.3, 0.4) is 0 Å². The van der Waals surface area contributed by atoms with Gasteiger partial charge in [-0.2, -0.15) is 0 Å². The fourth-order valence-corrected chi connectivity index (χ4v) is 1.74. The Balaban J connectivity index is 2.38. The van der Waals surface area contributed by atoms with E-state index in [-0.39, 0.29) is 0 Å². The molecule has 19 heavy (non-hydrogen) atoms. The minimum Gasteiger partial charge on any atom is -0.491 e. The summed E-state index contributed by atoms with van der Waals surface area (Å²) in [5.74, 6) is 1.42. The highest BCUT2D eigenvalue weighted by atomic mass is 16.5. The smallest absolute Gasteiger partial charge is 0.125 e. The van der Waals surface area contributed by atoms with Crippen LogP contribution in [-0.2, 0) is 4.74 Å². The molecule has 1 unspecified atom stereocenters. The lowest BCUT2D eigenvalue weighted by Crippen LogP contribution is -2.10. The Labute approximate surface area is 116 Å². The fraction of sp³-hybridized carbons (Fsp3) is 0.625. The molecule has 3 nitrogen and oxygen atoms in total. The number of benzene rings is 1. The van der Waals surface area contributed by atoms with E-state index in [1.807, 2.05) is 25.1 Å². The van der Waals surface area contributed by atoms with Crippen LogP contribution in [0, 0.1) is 12.8 Å². The first kappa shape index (κ1) is 16.0. The van der Waals surface area contributed by atoms with Gasteiger partial charge in [-0.25, -0.2) is 0 Å². The van der Waals surface area contributed by atoms with Gasteiger partial charge in [-0.05, 0) is 37.8 Å². The van der Waals surface area contributed by atoms with E-state index < -0.39 is 6.10 Å². The number of aliphatic hydroxyl groups is 1. The van der Waals surface area contributed by atoms with Gasteiger partial charge >= 0.3 is 0 Å². The third-order valence-electron chi connectivity index (χ3n) is 2.94. The number of aliphatic hydroxyl groups excluding tert-OH is 1. The lowest BCUT2D eigenvalue weighted by atomic mass is 10.1. The summed E-state index contributed by atoms with van der Waals surface area (Å²) in [4.78, 5) is 0. The first-order valence-corrected chi connectivity index (χ1v) is 7.00. The number of aryl methyl sites for hydroxylation is 1. The molecule has 0 aliphatic heterocycles. The molecule has 1 aromatic rings. The van der Waals surface area contributed by atoms with E-state index in [0.29, 0.717) is 19.1 Å². The van der Waals surface area contributed by atoms with E-state index in [1.165, 1.54) is 0 Å². The molecule has 1 atom stereocenters. The highest BCUT2D eigenvalue weighted by Gasteiger charge is 2.09. The third-order valence-corrected chi connectivity index (χ3v) is 2.94. The number of ether oxygens (including phenoxy) is 2. The second-order valence-corrected chi connectivity index (χ2v) is 5.36. The summed E-state index contributed by atoms with van der Waals surface area (Å²) in [5, 5.41) is 9.69. The SMILES string of the molecule is Cc1ccc(C(C)O)c(OCCOCCC(C)C)c1. The molecule has 1 N–H and O–H groups in total. The summed E-state index contributed by atoms with van der Waals surface area (Å²) >= 11 is 0. The number of hydrogen-bond donors (Lipinski definition) is 1. The zero-order chi connectivity index (χ0) is 14.3. The van der Waals surface area contributed by atoms with Crippen LogP contribution in [0.4, 0.5) is 0 Å². The Kier molecular flexibility index (Phi) is 6.89. The van der Waals surface area contributed by atoms with Crippen LogP contribution in [0.25, 0.3) is 0 Å². The summed E-state index contributed by atoms with van der Waals surface area (Å²) in [6.07, 6.45) is 0.557. The van der Waals surface area contributed by atoms with Crippen molar-refractivity contribution in [3.63, 3.8) is 0 Å². The van der Waals surface area contributed by atoms with E-state index in [0.717, 1.165) is 29.9 Å². The molecule has 1 rings (SSSR count). The number of hydrogen-bond acceptors (Lipinski definition) is 3. The molecule has 0 amide bonds. The van der Waals surface area contributed by atoms with Crippen molar-refractivity contribution in [2.45, 2.75) is 40.2 Å². The number of rotatable bonds is 8. The van der Waals surface area contributed by atoms with Gasteiger partial charge < -0.3 is 14.6 Å². The third kappa shape index (κ3) is 6.08. The predicted octanol–water partition coefficient (Wildman–Crippen LogP) is 3.49. The minimum atomic E-state index is -0.516. The highest BCUT2D eigenvalue weighted by Crippen LogP contribution is 2.26. The van der Waals surface area contributed by atoms with E-state index in [1.54, 1.807) is 6.92 Å². The molecule has 0 aromatic heterocycles. The monoisotopic (exact) mass is 266 g/mol. The first-order chi connectivity index (χ1) is 9.00. The Morgan fingerprint density at radius 3 is 2.47 bits per heavy atom. The van der Waals surface area contributed by atoms with Crippen LogP contribution < -0.4 is 4.74 Å². The van der Waals surface area contributed by atoms with E-state index in [2.05, 4.69) is 13.8 Å². The highest BCUT2D eigenvalue weighted by molar-refractivity contribution is 5.38. The average molecular weight is 266 g/mol. The summed E-state index contributed by atoms with van der Waals surface area (Å²) in [6.45, 7) is 10.00. The van der Waals surface area contributed by atoms with Crippen molar-refractivity contribution in [2.24, 2.45) is 5.92 Å². The summed E-state index contributed by atoms with van der Waals surface area (Å²) < 4.78 is 11.2. The zero-order valence-electron chi connectivity index (χ0n) is 12.5. The van der Waals surface area contributed by atoms with Crippen LogP contribution in [0.1, 0.15) is 44.4 Å². The largest absolute Gasteiger partial charge is 0.491 e. The van der Waals surface area contributed by atoms with Crippen LogP contribution in [0.5, 0.6) is 5.75 Å². The first-order valence-electron chi connectivity index (χ1n) is 7.00. The second-order valence-electron chi connectivity index (χ2n) is 5.36. The van der Waals surface area contributed by atoms with Gasteiger partial charge in [0.1, 0.15) is 12.4 Å². The molecule has 0 heterocycles. The van der Waals surface area contributed by atoms with Crippen molar-refractivity contribution in [3.8, 4) is 5.75 Å². The molecule has 3 heteroatoms. The van der Waals surface area contributed by atoms with Crippen molar-refractivity contribution in [1.29, 1.82) is 0 Å². The fourth-order valence-electron chi connectivity index (χ4n) is 1.74. The molecule has 0 radical (unpaired) electrons. The molecular formula is C16H26O3. The van der Waals surface area contributed by atoms with Gasteiger partial charge in [-0.1, -0.05) is 26.0 Å². The Bertz CT molecular complexity index is 372. The van der Waals surface area contributed by atoms with Crippen LogP contribution in [0.15, 0.2) is 18.2 Å². The Morgan fingerprint density at radius 2 is 1.84 bits per heavy atom. The van der Waals surface area contributed by atoms with E-state index >= 15 is 0 Å². The lowest BCUT2D eigenvalue weighted by molar-refractivity contribution is 0.0909. The van der Waals surface area contributed by atoms with Gasteiger partial charge in [0.25, 0.3) is 0 Å². The summed E-state index contributed by atoms with van der Waals surface area (Å²) in [6, 6.07) is 5.85. The Morgan fingerprint density at radius 1 is 1.11 bits per heavy atom.